The Balaban J connectivity index is 0.000000169. The van der Waals surface area contributed by atoms with Gasteiger partial charge in [-0.3, -0.25) is 4.79 Å². The van der Waals surface area contributed by atoms with Gasteiger partial charge >= 0.3 is 0 Å². The van der Waals surface area contributed by atoms with E-state index in [2.05, 4.69) is 0 Å². The van der Waals surface area contributed by atoms with Gasteiger partial charge in [0.25, 0.3) is 0 Å². The van der Waals surface area contributed by atoms with Gasteiger partial charge in [0.05, 0.1) is 12.2 Å². The summed E-state index contributed by atoms with van der Waals surface area (Å²) in [4.78, 5) is 11.9. The number of carbonyl (C=O) groups is 1. The highest BCUT2D eigenvalue weighted by molar-refractivity contribution is 5.99. The molecule has 1 unspecified atom stereocenters. The third kappa shape index (κ3) is 7.09. The lowest BCUT2D eigenvalue weighted by molar-refractivity contribution is -0.0450. The SMILES string of the molecule is C1CCC(OC2CCCCC2)CC1.O=C(c1ccccc1)C(O)c1ccccc1. The van der Waals surface area contributed by atoms with Crippen LogP contribution in [0.2, 0.25) is 0 Å². The van der Waals surface area contributed by atoms with E-state index in [0.717, 1.165) is 0 Å². The molecule has 0 bridgehead atoms. The molecule has 0 saturated heterocycles. The minimum atomic E-state index is -1.08. The zero-order valence-electron chi connectivity index (χ0n) is 17.3. The van der Waals surface area contributed by atoms with Crippen LogP contribution in [0.3, 0.4) is 0 Å². The molecule has 156 valence electrons. The molecule has 2 aromatic rings. The first-order valence-electron chi connectivity index (χ1n) is 11.2. The van der Waals surface area contributed by atoms with Crippen molar-refractivity contribution in [3.8, 4) is 0 Å². The molecule has 1 N–H and O–H groups in total. The molecule has 2 saturated carbocycles. The first-order valence-corrected chi connectivity index (χ1v) is 11.2. The van der Waals surface area contributed by atoms with Crippen molar-refractivity contribution in [1.29, 1.82) is 0 Å². The van der Waals surface area contributed by atoms with E-state index in [9.17, 15) is 9.90 Å². The van der Waals surface area contributed by atoms with Crippen molar-refractivity contribution in [3.63, 3.8) is 0 Å². The molecule has 1 atom stereocenters. The first-order chi connectivity index (χ1) is 14.2. The van der Waals surface area contributed by atoms with Gasteiger partial charge in [-0.25, -0.2) is 0 Å². The maximum atomic E-state index is 11.9. The number of Topliss-reactive ketones (excluding diaryl/α,β-unsaturated/α-hetero) is 1. The minimum Gasteiger partial charge on any atom is -0.380 e. The number of benzene rings is 2. The Morgan fingerprint density at radius 3 is 1.66 bits per heavy atom. The van der Waals surface area contributed by atoms with Crippen molar-refractivity contribution in [2.24, 2.45) is 0 Å². The highest BCUT2D eigenvalue weighted by Crippen LogP contribution is 2.27. The standard InChI is InChI=1S/C14H12O2.C12H22O/c15-13(11-7-3-1-4-8-11)14(16)12-9-5-2-6-10-12;1-3-7-11(8-4-1)13-12-9-5-2-6-10-12/h1-10,13,15H;11-12H,1-10H2. The number of ether oxygens (including phenoxy) is 1. The number of hydrogen-bond donors (Lipinski definition) is 1. The van der Waals surface area contributed by atoms with Crippen molar-refractivity contribution in [3.05, 3.63) is 71.8 Å². The third-order valence-electron chi connectivity index (χ3n) is 5.91. The van der Waals surface area contributed by atoms with Gasteiger partial charge in [0.2, 0.25) is 0 Å². The van der Waals surface area contributed by atoms with Gasteiger partial charge in [0.15, 0.2) is 5.78 Å². The summed E-state index contributed by atoms with van der Waals surface area (Å²) in [5.41, 5.74) is 1.15. The van der Waals surface area contributed by atoms with Crippen molar-refractivity contribution in [1.82, 2.24) is 0 Å². The number of aliphatic hydroxyl groups excluding tert-OH is 1. The number of carbonyl (C=O) groups excluding carboxylic acids is 1. The van der Waals surface area contributed by atoms with Crippen LogP contribution in [0.5, 0.6) is 0 Å². The summed E-state index contributed by atoms with van der Waals surface area (Å²) in [6.07, 6.45) is 14.0. The van der Waals surface area contributed by atoms with E-state index in [1.807, 2.05) is 12.1 Å². The molecule has 0 aromatic heterocycles. The van der Waals surface area contributed by atoms with E-state index in [4.69, 9.17) is 4.74 Å². The van der Waals surface area contributed by atoms with E-state index < -0.39 is 6.10 Å². The summed E-state index contributed by atoms with van der Waals surface area (Å²) in [5.74, 6) is -0.271. The molecule has 2 fully saturated rings. The Hall–Kier alpha value is -1.97. The average molecular weight is 395 g/mol. The monoisotopic (exact) mass is 394 g/mol. The second-order valence-corrected chi connectivity index (χ2v) is 8.20. The topological polar surface area (TPSA) is 46.5 Å². The Morgan fingerprint density at radius 2 is 1.17 bits per heavy atom. The Bertz CT molecular complexity index is 685. The van der Waals surface area contributed by atoms with Crippen LogP contribution in [-0.4, -0.2) is 23.1 Å². The zero-order chi connectivity index (χ0) is 20.3. The zero-order valence-corrected chi connectivity index (χ0v) is 17.3. The number of hydrogen-bond acceptors (Lipinski definition) is 3. The fourth-order valence-corrected chi connectivity index (χ4v) is 4.22. The second-order valence-electron chi connectivity index (χ2n) is 8.20. The van der Waals surface area contributed by atoms with Gasteiger partial charge in [0.1, 0.15) is 6.10 Å². The Morgan fingerprint density at radius 1 is 0.724 bits per heavy atom. The van der Waals surface area contributed by atoms with Crippen LogP contribution in [0.15, 0.2) is 60.7 Å². The first kappa shape index (κ1) is 21.7. The number of ketones is 1. The Labute approximate surface area is 175 Å². The lowest BCUT2D eigenvalue weighted by atomic mass is 9.95. The molecule has 0 radical (unpaired) electrons. The lowest BCUT2D eigenvalue weighted by Gasteiger charge is -2.29. The van der Waals surface area contributed by atoms with Gasteiger partial charge in [0, 0.05) is 5.56 Å². The summed E-state index contributed by atoms with van der Waals surface area (Å²) in [6, 6.07) is 17.7. The van der Waals surface area contributed by atoms with Crippen molar-refractivity contribution < 1.29 is 14.6 Å². The smallest absolute Gasteiger partial charge is 0.195 e. The van der Waals surface area contributed by atoms with E-state index in [0.29, 0.717) is 23.3 Å². The van der Waals surface area contributed by atoms with E-state index in [-0.39, 0.29) is 5.78 Å². The molecule has 29 heavy (non-hydrogen) atoms. The van der Waals surface area contributed by atoms with E-state index in [1.54, 1.807) is 48.5 Å². The number of aliphatic hydroxyl groups is 1. The molecule has 2 aliphatic rings. The van der Waals surface area contributed by atoms with Crippen LogP contribution in [0.4, 0.5) is 0 Å². The van der Waals surface area contributed by atoms with Gasteiger partial charge < -0.3 is 9.84 Å². The van der Waals surface area contributed by atoms with Crippen LogP contribution < -0.4 is 0 Å². The minimum absolute atomic E-state index is 0.271. The average Bonchev–Trinajstić information content (AvgIpc) is 2.81. The van der Waals surface area contributed by atoms with Crippen LogP contribution in [0.25, 0.3) is 0 Å². The molecular weight excluding hydrogens is 360 g/mol. The molecule has 0 amide bonds. The van der Waals surface area contributed by atoms with Crippen molar-refractivity contribution in [2.45, 2.75) is 82.5 Å². The van der Waals surface area contributed by atoms with Crippen LogP contribution in [0, 0.1) is 0 Å². The quantitative estimate of drug-likeness (QED) is 0.608. The summed E-state index contributed by atoms with van der Waals surface area (Å²) >= 11 is 0. The van der Waals surface area contributed by atoms with Crippen molar-refractivity contribution >= 4 is 5.78 Å². The molecule has 2 aliphatic carbocycles. The maximum absolute atomic E-state index is 11.9. The van der Waals surface area contributed by atoms with E-state index >= 15 is 0 Å². The van der Waals surface area contributed by atoms with Gasteiger partial charge in [-0.05, 0) is 31.2 Å². The van der Waals surface area contributed by atoms with E-state index in [1.165, 1.54) is 64.2 Å². The molecule has 4 rings (SSSR count). The van der Waals surface area contributed by atoms with Crippen molar-refractivity contribution in [2.75, 3.05) is 0 Å². The summed E-state index contributed by atoms with van der Waals surface area (Å²) in [5, 5.41) is 9.89. The predicted octanol–water partition coefficient (Wildman–Crippen LogP) is 6.27. The highest BCUT2D eigenvalue weighted by Gasteiger charge is 2.20. The molecule has 0 aliphatic heterocycles. The molecule has 0 heterocycles. The van der Waals surface area contributed by atoms with Crippen LogP contribution in [-0.2, 0) is 4.74 Å². The number of rotatable bonds is 5. The summed E-state index contributed by atoms with van der Waals surface area (Å²) < 4.78 is 6.13. The maximum Gasteiger partial charge on any atom is 0.195 e. The normalized spacial score (nSPS) is 19.1. The van der Waals surface area contributed by atoms with Gasteiger partial charge in [-0.15, -0.1) is 0 Å². The fourth-order valence-electron chi connectivity index (χ4n) is 4.22. The molecule has 0 spiro atoms. The molecule has 3 heteroatoms. The third-order valence-corrected chi connectivity index (χ3v) is 5.91. The van der Waals surface area contributed by atoms with Crippen LogP contribution >= 0.6 is 0 Å². The van der Waals surface area contributed by atoms with Crippen LogP contribution in [0.1, 0.15) is 86.2 Å². The van der Waals surface area contributed by atoms with Gasteiger partial charge in [-0.1, -0.05) is 99.2 Å². The molecular formula is C26H34O3. The molecule has 2 aromatic carbocycles. The fraction of sp³-hybridized carbons (Fsp3) is 0.500. The second kappa shape index (κ2) is 11.9. The summed E-state index contributed by atoms with van der Waals surface area (Å²) in [7, 11) is 0. The lowest BCUT2D eigenvalue weighted by Crippen LogP contribution is -2.25. The predicted molar refractivity (Wildman–Crippen MR) is 117 cm³/mol. The van der Waals surface area contributed by atoms with Gasteiger partial charge in [-0.2, -0.15) is 0 Å². The summed E-state index contributed by atoms with van der Waals surface area (Å²) in [6.45, 7) is 0. The Kier molecular flexibility index (Phi) is 8.91. The highest BCUT2D eigenvalue weighted by atomic mass is 16.5. The largest absolute Gasteiger partial charge is 0.380 e. The molecule has 3 nitrogen and oxygen atoms in total.